The zero-order valence-corrected chi connectivity index (χ0v) is 17.1. The van der Waals surface area contributed by atoms with E-state index < -0.39 is 0 Å². The Morgan fingerprint density at radius 2 is 2.00 bits per heavy atom. The van der Waals surface area contributed by atoms with Crippen molar-refractivity contribution < 1.29 is 9.59 Å². The number of carbonyl (C=O) groups is 2. The fraction of sp³-hybridized carbons (Fsp3) is 0.696. The summed E-state index contributed by atoms with van der Waals surface area (Å²) in [6.07, 6.45) is 9.02. The van der Waals surface area contributed by atoms with E-state index in [1.807, 2.05) is 18.3 Å². The van der Waals surface area contributed by atoms with Crippen molar-refractivity contribution in [3.63, 3.8) is 0 Å². The van der Waals surface area contributed by atoms with Crippen molar-refractivity contribution in [3.05, 3.63) is 30.1 Å². The molecule has 4 aliphatic rings. The summed E-state index contributed by atoms with van der Waals surface area (Å²) in [5.74, 6) is 1.67. The highest BCUT2D eigenvalue weighted by atomic mass is 16.2. The van der Waals surface area contributed by atoms with E-state index in [1.165, 1.54) is 12.8 Å². The molecule has 1 aromatic heterocycles. The van der Waals surface area contributed by atoms with Crippen molar-refractivity contribution in [1.82, 2.24) is 20.1 Å². The Hall–Kier alpha value is -1.95. The zero-order valence-electron chi connectivity index (χ0n) is 17.1. The van der Waals surface area contributed by atoms with E-state index in [0.717, 1.165) is 51.0 Å². The molecular formula is C23H32N4O2. The van der Waals surface area contributed by atoms with Gasteiger partial charge in [0.1, 0.15) is 0 Å². The first-order valence-corrected chi connectivity index (χ1v) is 11.4. The fourth-order valence-corrected chi connectivity index (χ4v) is 6.00. The molecule has 1 aliphatic carbocycles. The van der Waals surface area contributed by atoms with Crippen LogP contribution in [-0.4, -0.2) is 58.3 Å². The number of carbonyl (C=O) groups excluding carboxylic acids is 2. The van der Waals surface area contributed by atoms with Crippen LogP contribution in [0.3, 0.4) is 0 Å². The summed E-state index contributed by atoms with van der Waals surface area (Å²) in [6, 6.07) is 6.58. The van der Waals surface area contributed by atoms with Gasteiger partial charge in [0.2, 0.25) is 11.8 Å². The van der Waals surface area contributed by atoms with E-state index in [2.05, 4.69) is 26.2 Å². The molecule has 2 bridgehead atoms. The molecular weight excluding hydrogens is 364 g/mol. The molecule has 0 radical (unpaired) electrons. The maximum atomic E-state index is 12.9. The minimum atomic E-state index is 0.139. The number of likely N-dealkylation sites (tertiary alicyclic amines) is 1. The van der Waals surface area contributed by atoms with Gasteiger partial charge in [0.15, 0.2) is 0 Å². The molecule has 1 aromatic rings. The molecule has 4 heterocycles. The molecule has 0 spiro atoms. The van der Waals surface area contributed by atoms with Gasteiger partial charge in [-0.05, 0) is 56.1 Å². The first-order chi connectivity index (χ1) is 14.2. The second-order valence-corrected chi connectivity index (χ2v) is 9.47. The minimum absolute atomic E-state index is 0.139. The molecule has 4 fully saturated rings. The van der Waals surface area contributed by atoms with Crippen LogP contribution in [-0.2, 0) is 16.1 Å². The second kappa shape index (κ2) is 8.05. The molecule has 1 saturated carbocycles. The predicted molar refractivity (Wildman–Crippen MR) is 110 cm³/mol. The summed E-state index contributed by atoms with van der Waals surface area (Å²) in [6.45, 7) is 3.51. The lowest BCUT2D eigenvalue weighted by molar-refractivity contribution is -0.153. The van der Waals surface area contributed by atoms with Crippen molar-refractivity contribution in [3.8, 4) is 0 Å². The van der Waals surface area contributed by atoms with Crippen molar-refractivity contribution in [2.75, 3.05) is 19.6 Å². The molecule has 2 amide bonds. The Kier molecular flexibility index (Phi) is 5.29. The summed E-state index contributed by atoms with van der Waals surface area (Å²) in [4.78, 5) is 34.6. The summed E-state index contributed by atoms with van der Waals surface area (Å²) < 4.78 is 0. The molecule has 3 aliphatic heterocycles. The average Bonchev–Trinajstić information content (AvgIpc) is 2.68. The van der Waals surface area contributed by atoms with Crippen LogP contribution in [0.25, 0.3) is 0 Å². The van der Waals surface area contributed by atoms with Gasteiger partial charge in [0, 0.05) is 50.8 Å². The number of fused-ring (bicyclic) bond motifs is 4. The number of piperidine rings is 3. The molecule has 1 N–H and O–H groups in total. The van der Waals surface area contributed by atoms with E-state index in [9.17, 15) is 9.59 Å². The summed E-state index contributed by atoms with van der Waals surface area (Å²) in [7, 11) is 0. The number of hydrogen-bond donors (Lipinski definition) is 1. The van der Waals surface area contributed by atoms with Gasteiger partial charge in [0.05, 0.1) is 11.7 Å². The van der Waals surface area contributed by atoms with Crippen molar-refractivity contribution in [2.45, 2.75) is 63.6 Å². The first-order valence-electron chi connectivity index (χ1n) is 11.4. The number of pyridine rings is 1. The Balaban J connectivity index is 1.32. The van der Waals surface area contributed by atoms with Crippen molar-refractivity contribution >= 4 is 11.8 Å². The third-order valence-corrected chi connectivity index (χ3v) is 7.65. The third kappa shape index (κ3) is 3.79. The van der Waals surface area contributed by atoms with E-state index in [-0.39, 0.29) is 17.9 Å². The summed E-state index contributed by atoms with van der Waals surface area (Å²) in [5, 5.41) is 3.21. The molecule has 6 nitrogen and oxygen atoms in total. The standard InChI is InChI=1S/C23H32N4O2/c28-22-9-4-8-20-17-11-18(14-26(13-17)15-19-7-1-2-10-24-19)21(27(20)22)12-25-23(29)16-5-3-6-16/h1-2,7,10,16-18,20-21H,3-6,8-9,11-15H2,(H,25,29)/t17-,18+,20+,21+/m1/s1. The summed E-state index contributed by atoms with van der Waals surface area (Å²) in [5.41, 5.74) is 1.11. The maximum Gasteiger partial charge on any atom is 0.223 e. The number of nitrogens with zero attached hydrogens (tertiary/aromatic N) is 3. The van der Waals surface area contributed by atoms with Crippen LogP contribution in [0.4, 0.5) is 0 Å². The van der Waals surface area contributed by atoms with Gasteiger partial charge < -0.3 is 10.2 Å². The SMILES string of the molecule is O=C(NC[C@H]1[C@H]2C[C@H](CN(Cc3ccccn3)C2)[C@@H]2CCCC(=O)N21)C1CCC1. The number of nitrogens with one attached hydrogen (secondary N) is 1. The lowest BCUT2D eigenvalue weighted by atomic mass is 9.72. The monoisotopic (exact) mass is 396 g/mol. The first kappa shape index (κ1) is 19.0. The average molecular weight is 397 g/mol. The molecule has 4 atom stereocenters. The molecule has 3 saturated heterocycles. The lowest BCUT2D eigenvalue weighted by Crippen LogP contribution is -2.67. The molecule has 6 heteroatoms. The molecule has 29 heavy (non-hydrogen) atoms. The topological polar surface area (TPSA) is 65.5 Å². The van der Waals surface area contributed by atoms with E-state index >= 15 is 0 Å². The maximum absolute atomic E-state index is 12.9. The Morgan fingerprint density at radius 3 is 2.76 bits per heavy atom. The Morgan fingerprint density at radius 1 is 1.14 bits per heavy atom. The van der Waals surface area contributed by atoms with E-state index in [1.54, 1.807) is 0 Å². The number of hydrogen-bond acceptors (Lipinski definition) is 4. The van der Waals surface area contributed by atoms with Crippen molar-refractivity contribution in [2.24, 2.45) is 17.8 Å². The number of aromatic nitrogens is 1. The summed E-state index contributed by atoms with van der Waals surface area (Å²) >= 11 is 0. The van der Waals surface area contributed by atoms with Crippen LogP contribution in [0.1, 0.15) is 50.6 Å². The second-order valence-electron chi connectivity index (χ2n) is 9.47. The highest BCUT2D eigenvalue weighted by Crippen LogP contribution is 2.41. The van der Waals surface area contributed by atoms with Gasteiger partial charge in [-0.3, -0.25) is 19.5 Å². The van der Waals surface area contributed by atoms with E-state index in [4.69, 9.17) is 0 Å². The molecule has 5 rings (SSSR count). The van der Waals surface area contributed by atoms with Gasteiger partial charge in [-0.2, -0.15) is 0 Å². The predicted octanol–water partition coefficient (Wildman–Crippen LogP) is 2.20. The zero-order chi connectivity index (χ0) is 19.8. The quantitative estimate of drug-likeness (QED) is 0.829. The normalized spacial score (nSPS) is 32.4. The van der Waals surface area contributed by atoms with Crippen LogP contribution in [0.2, 0.25) is 0 Å². The largest absolute Gasteiger partial charge is 0.354 e. The van der Waals surface area contributed by atoms with Gasteiger partial charge >= 0.3 is 0 Å². The number of rotatable bonds is 5. The fourth-order valence-electron chi connectivity index (χ4n) is 6.00. The van der Waals surface area contributed by atoms with Crippen LogP contribution in [0, 0.1) is 17.8 Å². The van der Waals surface area contributed by atoms with Gasteiger partial charge in [-0.25, -0.2) is 0 Å². The molecule has 0 unspecified atom stereocenters. The highest BCUT2D eigenvalue weighted by molar-refractivity contribution is 5.80. The molecule has 0 aromatic carbocycles. The van der Waals surface area contributed by atoms with Crippen LogP contribution < -0.4 is 5.32 Å². The van der Waals surface area contributed by atoms with Crippen molar-refractivity contribution in [1.29, 1.82) is 0 Å². The van der Waals surface area contributed by atoms with Crippen LogP contribution in [0.15, 0.2) is 24.4 Å². The highest BCUT2D eigenvalue weighted by Gasteiger charge is 2.49. The van der Waals surface area contributed by atoms with Gasteiger partial charge in [0.25, 0.3) is 0 Å². The third-order valence-electron chi connectivity index (χ3n) is 7.65. The lowest BCUT2D eigenvalue weighted by Gasteiger charge is -2.56. The van der Waals surface area contributed by atoms with Crippen LogP contribution in [0.5, 0.6) is 0 Å². The van der Waals surface area contributed by atoms with E-state index in [0.29, 0.717) is 36.8 Å². The van der Waals surface area contributed by atoms with Crippen LogP contribution >= 0.6 is 0 Å². The Bertz CT molecular complexity index is 751. The number of amides is 2. The Labute approximate surface area is 173 Å². The van der Waals surface area contributed by atoms with Gasteiger partial charge in [-0.1, -0.05) is 12.5 Å². The smallest absolute Gasteiger partial charge is 0.223 e. The van der Waals surface area contributed by atoms with Gasteiger partial charge in [-0.15, -0.1) is 0 Å². The molecule has 156 valence electrons. The minimum Gasteiger partial charge on any atom is -0.354 e.